The predicted molar refractivity (Wildman–Crippen MR) is 134 cm³/mol. The molecule has 0 spiro atoms. The summed E-state index contributed by atoms with van der Waals surface area (Å²) >= 11 is 0. The number of hydroxylamine groups is 2. The SMILES string of the molecule is C#[PH]NC(=O)NCCC[C@H](NC(C)=O)C(=O)NCC(=O)NC(CCC(=O)OP)C(=O)ON1C(=O)CCC1=O. The maximum absolute atomic E-state index is 12.5. The van der Waals surface area contributed by atoms with Crippen LogP contribution in [0, 0.1) is 6.13 Å². The van der Waals surface area contributed by atoms with Crippen molar-refractivity contribution in [2.24, 2.45) is 0 Å². The van der Waals surface area contributed by atoms with Gasteiger partial charge in [0.1, 0.15) is 12.1 Å². The minimum Gasteiger partial charge on any atom is -0.452 e. The van der Waals surface area contributed by atoms with Gasteiger partial charge in [-0.15, -0.1) is 11.2 Å². The fourth-order valence-corrected chi connectivity index (χ4v) is 3.39. The van der Waals surface area contributed by atoms with Gasteiger partial charge in [-0.1, -0.05) is 0 Å². The molecule has 1 saturated heterocycles. The van der Waals surface area contributed by atoms with Crippen molar-refractivity contribution in [3.63, 3.8) is 0 Å². The smallest absolute Gasteiger partial charge is 0.355 e. The van der Waals surface area contributed by atoms with Crippen LogP contribution < -0.4 is 26.4 Å². The van der Waals surface area contributed by atoms with Crippen LogP contribution in [0.5, 0.6) is 0 Å². The first-order valence-corrected chi connectivity index (χ1v) is 12.8. The zero-order valence-corrected chi connectivity index (χ0v) is 22.7. The molecule has 1 fully saturated rings. The average molecular weight is 576 g/mol. The van der Waals surface area contributed by atoms with E-state index >= 15 is 0 Å². The van der Waals surface area contributed by atoms with Gasteiger partial charge in [0.15, 0.2) is 0 Å². The Bertz CT molecular complexity index is 985. The Kier molecular flexibility index (Phi) is 14.4. The second-order valence-electron chi connectivity index (χ2n) is 7.78. The summed E-state index contributed by atoms with van der Waals surface area (Å²) in [4.78, 5) is 100. The van der Waals surface area contributed by atoms with Crippen molar-refractivity contribution in [1.82, 2.24) is 31.4 Å². The summed E-state index contributed by atoms with van der Waals surface area (Å²) in [5.41, 5.74) is 0. The zero-order valence-electron chi connectivity index (χ0n) is 20.5. The number of urea groups is 1. The molecule has 16 nitrogen and oxygen atoms in total. The number of hydrogen-bond donors (Lipinski definition) is 5. The van der Waals surface area contributed by atoms with E-state index in [9.17, 15) is 38.4 Å². The maximum Gasteiger partial charge on any atom is 0.355 e. The van der Waals surface area contributed by atoms with E-state index in [-0.39, 0.29) is 46.8 Å². The normalized spacial score (nSPS) is 14.2. The Morgan fingerprint density at radius 3 is 2.26 bits per heavy atom. The number of amides is 7. The summed E-state index contributed by atoms with van der Waals surface area (Å²) in [6.45, 7) is 0.768. The highest BCUT2D eigenvalue weighted by atomic mass is 31.1. The molecule has 1 heterocycles. The lowest BCUT2D eigenvalue weighted by Crippen LogP contribution is -2.51. The van der Waals surface area contributed by atoms with Gasteiger partial charge < -0.3 is 30.6 Å². The molecule has 3 unspecified atom stereocenters. The van der Waals surface area contributed by atoms with Crippen molar-refractivity contribution in [2.75, 3.05) is 13.1 Å². The highest BCUT2D eigenvalue weighted by molar-refractivity contribution is 7.24. The van der Waals surface area contributed by atoms with E-state index in [1.165, 1.54) is 6.92 Å². The third kappa shape index (κ3) is 12.0. The Balaban J connectivity index is 2.70. The Morgan fingerprint density at radius 1 is 1.03 bits per heavy atom. The number of carbonyl (C=O) groups excluding carboxylic acids is 8. The summed E-state index contributed by atoms with van der Waals surface area (Å²) in [7, 11) is 1.46. The Morgan fingerprint density at radius 2 is 1.68 bits per heavy atom. The number of carbonyl (C=O) groups is 8. The molecule has 38 heavy (non-hydrogen) atoms. The fraction of sp³-hybridized carbons (Fsp3) is 0.550. The molecule has 4 atom stereocenters. The second kappa shape index (κ2) is 16.9. The van der Waals surface area contributed by atoms with Crippen LogP contribution in [0.4, 0.5) is 4.79 Å². The highest BCUT2D eigenvalue weighted by Crippen LogP contribution is 2.14. The molecular weight excluding hydrogens is 546 g/mol. The molecule has 1 rings (SSSR count). The van der Waals surface area contributed by atoms with Crippen molar-refractivity contribution in [1.29, 1.82) is 0 Å². The number of rotatable bonds is 14. The lowest BCUT2D eigenvalue weighted by molar-refractivity contribution is -0.199. The molecule has 1 aliphatic rings. The van der Waals surface area contributed by atoms with Crippen LogP contribution in [0.2, 0.25) is 0 Å². The minimum atomic E-state index is -1.46. The average Bonchev–Trinajstić information content (AvgIpc) is 3.18. The maximum atomic E-state index is 12.5. The quantitative estimate of drug-likeness (QED) is 0.0876. The lowest BCUT2D eigenvalue weighted by atomic mass is 10.1. The molecule has 0 bridgehead atoms. The fourth-order valence-electron chi connectivity index (χ4n) is 3.05. The van der Waals surface area contributed by atoms with Gasteiger partial charge in [0.2, 0.25) is 17.7 Å². The van der Waals surface area contributed by atoms with Crippen molar-refractivity contribution < 1.29 is 47.7 Å². The van der Waals surface area contributed by atoms with E-state index < -0.39 is 66.1 Å². The summed E-state index contributed by atoms with van der Waals surface area (Å²) < 4.78 is 4.43. The van der Waals surface area contributed by atoms with Crippen LogP contribution in [-0.2, 0) is 42.9 Å². The molecule has 7 amide bonds. The predicted octanol–water partition coefficient (Wildman–Crippen LogP) is -1.93. The Labute approximate surface area is 221 Å². The van der Waals surface area contributed by atoms with Crippen LogP contribution in [0.15, 0.2) is 0 Å². The zero-order chi connectivity index (χ0) is 28.7. The molecule has 210 valence electrons. The molecule has 0 aromatic heterocycles. The van der Waals surface area contributed by atoms with Crippen molar-refractivity contribution in [2.45, 2.75) is 57.5 Å². The van der Waals surface area contributed by atoms with Gasteiger partial charge in [-0.25, -0.2) is 9.59 Å². The van der Waals surface area contributed by atoms with Gasteiger partial charge in [-0.05, 0) is 27.4 Å². The largest absolute Gasteiger partial charge is 0.452 e. The van der Waals surface area contributed by atoms with Crippen molar-refractivity contribution >= 4 is 65.2 Å². The van der Waals surface area contributed by atoms with Gasteiger partial charge in [0.05, 0.1) is 16.0 Å². The molecule has 0 aliphatic carbocycles. The molecule has 5 N–H and O–H groups in total. The first-order valence-electron chi connectivity index (χ1n) is 11.3. The molecule has 0 radical (unpaired) electrons. The standard InChI is InChI=1S/C20H30N6O10P2/c1-11(27)23-12(4-3-9-21-20(34)25-38-2)18(32)22-10-14(28)24-13(5-8-17(31)36-37)19(33)35-26-15(29)6-7-16(26)30/h2,12-13,38H,3-10,37H2,1H3,(H,22,32)(H,23,27)(H,24,28)(H2,21,25,34)/t12-,13?/m0/s1. The number of nitrogens with zero attached hydrogens (tertiary/aromatic N) is 1. The highest BCUT2D eigenvalue weighted by Gasteiger charge is 2.35. The van der Waals surface area contributed by atoms with E-state index in [4.69, 9.17) is 11.0 Å². The van der Waals surface area contributed by atoms with E-state index in [1.807, 2.05) is 0 Å². The first-order chi connectivity index (χ1) is 18.0. The van der Waals surface area contributed by atoms with Crippen LogP contribution in [0.3, 0.4) is 0 Å². The Hall–Kier alpha value is -3.73. The van der Waals surface area contributed by atoms with E-state index in [1.54, 1.807) is 9.47 Å². The van der Waals surface area contributed by atoms with Gasteiger partial charge in [0.25, 0.3) is 11.8 Å². The molecule has 0 saturated carbocycles. The first kappa shape index (κ1) is 32.3. The van der Waals surface area contributed by atoms with E-state index in [2.05, 4.69) is 30.9 Å². The summed E-state index contributed by atoms with van der Waals surface area (Å²) in [5, 5.41) is 12.2. The van der Waals surface area contributed by atoms with Crippen LogP contribution in [0.1, 0.15) is 45.4 Å². The summed E-state index contributed by atoms with van der Waals surface area (Å²) in [5.74, 6) is -5.43. The van der Waals surface area contributed by atoms with Crippen LogP contribution in [-0.4, -0.2) is 77.7 Å². The van der Waals surface area contributed by atoms with Crippen LogP contribution in [0.25, 0.3) is 0 Å². The van der Waals surface area contributed by atoms with Gasteiger partial charge in [-0.2, -0.15) is 0 Å². The number of hydrogen-bond acceptors (Lipinski definition) is 10. The van der Waals surface area contributed by atoms with Crippen molar-refractivity contribution in [3.05, 3.63) is 0 Å². The molecular formula is C20H30N6O10P2. The van der Waals surface area contributed by atoms with Gasteiger partial charge in [0, 0.05) is 32.7 Å². The molecule has 18 heteroatoms. The molecule has 0 aromatic rings. The van der Waals surface area contributed by atoms with E-state index in [0.717, 1.165) is 0 Å². The molecule has 1 aliphatic heterocycles. The number of nitrogens with one attached hydrogen (secondary N) is 5. The van der Waals surface area contributed by atoms with Gasteiger partial charge in [-0.3, -0.25) is 33.9 Å². The van der Waals surface area contributed by atoms with E-state index in [0.29, 0.717) is 11.5 Å². The molecule has 0 aromatic carbocycles. The summed E-state index contributed by atoms with van der Waals surface area (Å²) in [6.07, 6.45) is 4.76. The monoisotopic (exact) mass is 576 g/mol. The van der Waals surface area contributed by atoms with Crippen molar-refractivity contribution in [3.8, 4) is 6.13 Å². The second-order valence-corrected chi connectivity index (χ2v) is 8.55. The minimum absolute atomic E-state index is 0.127. The topological polar surface area (TPSA) is 218 Å². The van der Waals surface area contributed by atoms with Crippen LogP contribution >= 0.6 is 17.7 Å². The lowest BCUT2D eigenvalue weighted by Gasteiger charge is -2.21. The third-order valence-corrected chi connectivity index (χ3v) is 5.47. The third-order valence-electron chi connectivity index (χ3n) is 4.83. The van der Waals surface area contributed by atoms with Gasteiger partial charge >= 0.3 is 18.0 Å². The number of imide groups is 1. The summed E-state index contributed by atoms with van der Waals surface area (Å²) in [6, 6.07) is -2.96.